The first-order valence-electron chi connectivity index (χ1n) is 17.1. The fraction of sp³-hybridized carbons (Fsp3) is 0. The topological polar surface area (TPSA) is 16.4 Å². The number of para-hydroxylation sites is 1. The van der Waals surface area contributed by atoms with Crippen molar-refractivity contribution in [3.8, 4) is 22.3 Å². The Kier molecular flexibility index (Phi) is 6.53. The van der Waals surface area contributed by atoms with Gasteiger partial charge in [-0.15, -0.1) is 0 Å². The van der Waals surface area contributed by atoms with Gasteiger partial charge in [0.1, 0.15) is 11.2 Å². The number of rotatable bonds is 5. The molecule has 0 amide bonds. The lowest BCUT2D eigenvalue weighted by Crippen LogP contribution is -2.12. The van der Waals surface area contributed by atoms with Gasteiger partial charge in [-0.3, -0.25) is 0 Å². The van der Waals surface area contributed by atoms with Gasteiger partial charge in [-0.2, -0.15) is 0 Å². The summed E-state index contributed by atoms with van der Waals surface area (Å²) in [5.74, 6) is 0. The van der Waals surface area contributed by atoms with E-state index in [4.69, 9.17) is 4.42 Å². The van der Waals surface area contributed by atoms with Crippen LogP contribution in [0.4, 0.5) is 17.1 Å². The van der Waals surface area contributed by atoms with E-state index in [0.29, 0.717) is 0 Å². The van der Waals surface area contributed by atoms with Gasteiger partial charge >= 0.3 is 0 Å². The van der Waals surface area contributed by atoms with Crippen molar-refractivity contribution in [3.05, 3.63) is 188 Å². The van der Waals surface area contributed by atoms with E-state index < -0.39 is 0 Å². The van der Waals surface area contributed by atoms with Crippen molar-refractivity contribution in [2.45, 2.75) is 0 Å². The Bertz CT molecular complexity index is 2880. The first-order chi connectivity index (χ1) is 24.8. The number of anilines is 3. The molecule has 0 aliphatic heterocycles. The molecule has 50 heavy (non-hydrogen) atoms. The number of furan rings is 1. The molecular formula is C48H31NO. The second-order valence-electron chi connectivity index (χ2n) is 12.9. The summed E-state index contributed by atoms with van der Waals surface area (Å²) in [7, 11) is 0. The average Bonchev–Trinajstić information content (AvgIpc) is 3.54. The molecule has 234 valence electrons. The van der Waals surface area contributed by atoms with E-state index in [1.165, 1.54) is 43.4 Å². The Balaban J connectivity index is 1.24. The molecule has 0 N–H and O–H groups in total. The van der Waals surface area contributed by atoms with E-state index in [-0.39, 0.29) is 0 Å². The van der Waals surface area contributed by atoms with Crippen LogP contribution in [0.2, 0.25) is 0 Å². The van der Waals surface area contributed by atoms with Crippen LogP contribution in [-0.2, 0) is 0 Å². The van der Waals surface area contributed by atoms with Crippen LogP contribution < -0.4 is 4.90 Å². The second-order valence-corrected chi connectivity index (χ2v) is 12.9. The van der Waals surface area contributed by atoms with Crippen molar-refractivity contribution >= 4 is 71.3 Å². The van der Waals surface area contributed by atoms with Crippen LogP contribution >= 0.6 is 0 Å². The standard InChI is InChI=1S/C48H31NO/c1-2-13-32(14-3-1)33-18-12-19-38(27-33)49(46-30-36-17-6-7-20-39(36)41-22-8-9-23-42(41)46)45-24-11-10-21-40(45)37-25-26-47-43(29-37)44-28-34-15-4-5-16-35(34)31-48(44)50-47/h1-31H. The molecule has 1 heterocycles. The minimum Gasteiger partial charge on any atom is -0.456 e. The number of benzene rings is 9. The molecule has 0 fully saturated rings. The minimum absolute atomic E-state index is 0.893. The highest BCUT2D eigenvalue weighted by Crippen LogP contribution is 2.46. The maximum atomic E-state index is 6.40. The van der Waals surface area contributed by atoms with E-state index >= 15 is 0 Å². The first-order valence-corrected chi connectivity index (χ1v) is 17.1. The van der Waals surface area contributed by atoms with E-state index in [1.54, 1.807) is 0 Å². The smallest absolute Gasteiger partial charge is 0.136 e. The Morgan fingerprint density at radius 2 is 0.980 bits per heavy atom. The number of hydrogen-bond acceptors (Lipinski definition) is 2. The van der Waals surface area contributed by atoms with Crippen molar-refractivity contribution < 1.29 is 4.42 Å². The molecule has 0 aliphatic carbocycles. The SMILES string of the molecule is c1ccc(-c2cccc(N(c3ccccc3-c3ccc4oc5cc6ccccc6cc5c4c3)c3cc4ccccc4c4ccccc34)c2)cc1. The van der Waals surface area contributed by atoms with Crippen LogP contribution in [0, 0.1) is 0 Å². The molecule has 1 aromatic heterocycles. The van der Waals surface area contributed by atoms with Crippen LogP contribution in [0.1, 0.15) is 0 Å². The molecule has 2 heteroatoms. The second kappa shape index (κ2) is 11.5. The highest BCUT2D eigenvalue weighted by Gasteiger charge is 2.21. The Hall–Kier alpha value is -6.64. The molecule has 0 unspecified atom stereocenters. The summed E-state index contributed by atoms with van der Waals surface area (Å²) in [5, 5.41) is 9.54. The van der Waals surface area contributed by atoms with Gasteiger partial charge < -0.3 is 9.32 Å². The predicted molar refractivity (Wildman–Crippen MR) is 212 cm³/mol. The van der Waals surface area contributed by atoms with E-state index in [9.17, 15) is 0 Å². The third kappa shape index (κ3) is 4.65. The Labute approximate surface area is 290 Å². The molecule has 10 rings (SSSR count). The van der Waals surface area contributed by atoms with Crippen molar-refractivity contribution in [2.24, 2.45) is 0 Å². The van der Waals surface area contributed by atoms with Gasteiger partial charge in [0.2, 0.25) is 0 Å². The summed E-state index contributed by atoms with van der Waals surface area (Å²) in [4.78, 5) is 2.45. The van der Waals surface area contributed by atoms with E-state index in [2.05, 4.69) is 193 Å². The molecule has 0 saturated heterocycles. The van der Waals surface area contributed by atoms with Gasteiger partial charge in [-0.1, -0.05) is 140 Å². The summed E-state index contributed by atoms with van der Waals surface area (Å²) >= 11 is 0. The van der Waals surface area contributed by atoms with Crippen LogP contribution in [0.25, 0.3) is 76.5 Å². The van der Waals surface area contributed by atoms with Crippen LogP contribution in [0.3, 0.4) is 0 Å². The third-order valence-electron chi connectivity index (χ3n) is 9.99. The number of nitrogens with zero attached hydrogens (tertiary/aromatic N) is 1. The fourth-order valence-electron chi connectivity index (χ4n) is 7.63. The maximum absolute atomic E-state index is 6.40. The van der Waals surface area contributed by atoms with Gasteiger partial charge in [0.05, 0.1) is 11.4 Å². The molecule has 9 aromatic carbocycles. The minimum atomic E-state index is 0.893. The molecule has 0 spiro atoms. The fourth-order valence-corrected chi connectivity index (χ4v) is 7.63. The number of hydrogen-bond donors (Lipinski definition) is 0. The molecule has 0 aliphatic rings. The van der Waals surface area contributed by atoms with E-state index in [1.807, 2.05) is 0 Å². The lowest BCUT2D eigenvalue weighted by atomic mass is 9.96. The monoisotopic (exact) mass is 637 g/mol. The largest absolute Gasteiger partial charge is 0.456 e. The zero-order valence-corrected chi connectivity index (χ0v) is 27.3. The number of fused-ring (bicyclic) bond motifs is 7. The zero-order chi connectivity index (χ0) is 33.0. The maximum Gasteiger partial charge on any atom is 0.136 e. The highest BCUT2D eigenvalue weighted by atomic mass is 16.3. The van der Waals surface area contributed by atoms with Crippen molar-refractivity contribution in [3.63, 3.8) is 0 Å². The molecular weight excluding hydrogens is 607 g/mol. The van der Waals surface area contributed by atoms with Crippen LogP contribution in [0.5, 0.6) is 0 Å². The summed E-state index contributed by atoms with van der Waals surface area (Å²) in [6.45, 7) is 0. The molecule has 2 nitrogen and oxygen atoms in total. The van der Waals surface area contributed by atoms with Gasteiger partial charge in [-0.25, -0.2) is 0 Å². The normalized spacial score (nSPS) is 11.6. The third-order valence-corrected chi connectivity index (χ3v) is 9.99. The highest BCUT2D eigenvalue weighted by molar-refractivity contribution is 6.15. The van der Waals surface area contributed by atoms with Gasteiger partial charge in [0.25, 0.3) is 0 Å². The summed E-state index contributed by atoms with van der Waals surface area (Å²) in [6, 6.07) is 67.7. The predicted octanol–water partition coefficient (Wildman–Crippen LogP) is 13.8. The van der Waals surface area contributed by atoms with Gasteiger partial charge in [-0.05, 0) is 92.2 Å². The van der Waals surface area contributed by atoms with Crippen molar-refractivity contribution in [1.29, 1.82) is 0 Å². The molecule has 0 atom stereocenters. The summed E-state index contributed by atoms with van der Waals surface area (Å²) < 4.78 is 6.40. The summed E-state index contributed by atoms with van der Waals surface area (Å²) in [5.41, 5.74) is 9.79. The Morgan fingerprint density at radius 1 is 0.320 bits per heavy atom. The average molecular weight is 638 g/mol. The van der Waals surface area contributed by atoms with Crippen LogP contribution in [-0.4, -0.2) is 0 Å². The van der Waals surface area contributed by atoms with Crippen molar-refractivity contribution in [2.75, 3.05) is 4.90 Å². The quantitative estimate of drug-likeness (QED) is 0.175. The molecule has 0 radical (unpaired) electrons. The first kappa shape index (κ1) is 28.4. The van der Waals surface area contributed by atoms with Crippen molar-refractivity contribution in [1.82, 2.24) is 0 Å². The lowest BCUT2D eigenvalue weighted by molar-refractivity contribution is 0.669. The molecule has 0 saturated carbocycles. The van der Waals surface area contributed by atoms with Gasteiger partial charge in [0.15, 0.2) is 0 Å². The van der Waals surface area contributed by atoms with Crippen LogP contribution in [0.15, 0.2) is 192 Å². The Morgan fingerprint density at radius 3 is 1.84 bits per heavy atom. The van der Waals surface area contributed by atoms with Gasteiger partial charge in [0, 0.05) is 27.4 Å². The molecule has 10 aromatic rings. The zero-order valence-electron chi connectivity index (χ0n) is 27.3. The summed E-state index contributed by atoms with van der Waals surface area (Å²) in [6.07, 6.45) is 0. The molecule has 0 bridgehead atoms. The lowest BCUT2D eigenvalue weighted by Gasteiger charge is -2.30. The van der Waals surface area contributed by atoms with E-state index in [0.717, 1.165) is 50.1 Å².